The molecule has 1 heterocycles. The highest BCUT2D eigenvalue weighted by Crippen LogP contribution is 2.26. The van der Waals surface area contributed by atoms with Gasteiger partial charge in [0.25, 0.3) is 0 Å². The first-order valence-corrected chi connectivity index (χ1v) is 9.59. The molecule has 0 unspecified atom stereocenters. The van der Waals surface area contributed by atoms with Crippen molar-refractivity contribution < 1.29 is 18.8 Å². The van der Waals surface area contributed by atoms with Crippen LogP contribution in [-0.4, -0.2) is 29.8 Å². The van der Waals surface area contributed by atoms with Crippen molar-refractivity contribution in [2.24, 2.45) is 0 Å². The lowest BCUT2D eigenvalue weighted by Crippen LogP contribution is -2.13. The van der Waals surface area contributed by atoms with Gasteiger partial charge in [0.1, 0.15) is 11.5 Å². The Kier molecular flexibility index (Phi) is 6.84. The molecule has 0 atom stereocenters. The van der Waals surface area contributed by atoms with Gasteiger partial charge in [-0.15, -0.1) is 0 Å². The van der Waals surface area contributed by atoms with Crippen molar-refractivity contribution in [3.63, 3.8) is 0 Å². The third kappa shape index (κ3) is 5.57. The first-order valence-electron chi connectivity index (χ1n) is 9.59. The lowest BCUT2D eigenvalue weighted by Gasteiger charge is -2.12. The van der Waals surface area contributed by atoms with E-state index in [1.54, 1.807) is 7.11 Å². The number of nitrogens with zero attached hydrogens (tertiary/aromatic N) is 2. The van der Waals surface area contributed by atoms with E-state index in [1.165, 1.54) is 0 Å². The van der Waals surface area contributed by atoms with Crippen LogP contribution in [-0.2, 0) is 11.2 Å². The number of hydrogen-bond donors (Lipinski definition) is 1. The zero-order chi connectivity index (χ0) is 20.6. The summed E-state index contributed by atoms with van der Waals surface area (Å²) in [5.74, 6) is 2.20. The predicted octanol–water partition coefficient (Wildman–Crippen LogP) is 4.41. The van der Waals surface area contributed by atoms with Crippen molar-refractivity contribution in [2.75, 3.05) is 19.0 Å². The van der Waals surface area contributed by atoms with Crippen LogP contribution in [0, 0.1) is 6.92 Å². The molecule has 1 amide bonds. The smallest absolute Gasteiger partial charge is 0.227 e. The Bertz CT molecular complexity index is 951. The van der Waals surface area contributed by atoms with Crippen molar-refractivity contribution in [1.29, 1.82) is 0 Å². The SMILES string of the molecule is CCCOc1cc(C)ccc1NC(=O)CCc1nc(-c2ccc(OC)cc2)no1. The topological polar surface area (TPSA) is 86.5 Å². The van der Waals surface area contributed by atoms with E-state index >= 15 is 0 Å². The highest BCUT2D eigenvalue weighted by molar-refractivity contribution is 5.92. The van der Waals surface area contributed by atoms with Gasteiger partial charge in [0.05, 0.1) is 19.4 Å². The molecule has 29 heavy (non-hydrogen) atoms. The minimum atomic E-state index is -0.139. The number of nitrogens with one attached hydrogen (secondary N) is 1. The third-order valence-electron chi connectivity index (χ3n) is 4.26. The molecule has 3 aromatic rings. The average molecular weight is 395 g/mol. The molecule has 0 radical (unpaired) electrons. The van der Waals surface area contributed by atoms with Crippen LogP contribution in [0.4, 0.5) is 5.69 Å². The number of carbonyl (C=O) groups is 1. The molecule has 0 aliphatic rings. The van der Waals surface area contributed by atoms with Gasteiger partial charge in [-0.25, -0.2) is 0 Å². The fourth-order valence-electron chi connectivity index (χ4n) is 2.71. The normalized spacial score (nSPS) is 10.6. The molecule has 0 bridgehead atoms. The second kappa shape index (κ2) is 9.73. The number of hydrogen-bond acceptors (Lipinski definition) is 6. The second-order valence-electron chi connectivity index (χ2n) is 6.64. The Morgan fingerprint density at radius 1 is 1.17 bits per heavy atom. The number of carbonyl (C=O) groups excluding carboxylic acids is 1. The summed E-state index contributed by atoms with van der Waals surface area (Å²) in [5.41, 5.74) is 2.56. The molecule has 0 aliphatic heterocycles. The number of amides is 1. The van der Waals surface area contributed by atoms with Crippen molar-refractivity contribution in [2.45, 2.75) is 33.1 Å². The van der Waals surface area contributed by atoms with Gasteiger partial charge in [0.2, 0.25) is 17.6 Å². The molecule has 2 aromatic carbocycles. The van der Waals surface area contributed by atoms with E-state index in [0.29, 0.717) is 36.2 Å². The summed E-state index contributed by atoms with van der Waals surface area (Å²) in [6, 6.07) is 13.1. The van der Waals surface area contributed by atoms with Crippen LogP contribution in [0.25, 0.3) is 11.4 Å². The Hall–Kier alpha value is -3.35. The summed E-state index contributed by atoms with van der Waals surface area (Å²) >= 11 is 0. The largest absolute Gasteiger partial charge is 0.497 e. The maximum absolute atomic E-state index is 12.4. The van der Waals surface area contributed by atoms with Gasteiger partial charge >= 0.3 is 0 Å². The first kappa shape index (κ1) is 20.4. The van der Waals surface area contributed by atoms with Crippen LogP contribution in [0.1, 0.15) is 31.2 Å². The Labute approximate surface area is 170 Å². The van der Waals surface area contributed by atoms with Crippen LogP contribution in [0.2, 0.25) is 0 Å². The average Bonchev–Trinajstić information content (AvgIpc) is 3.21. The van der Waals surface area contributed by atoms with Crippen LogP contribution in [0.5, 0.6) is 11.5 Å². The number of methoxy groups -OCH3 is 1. The maximum Gasteiger partial charge on any atom is 0.227 e. The van der Waals surface area contributed by atoms with E-state index in [4.69, 9.17) is 14.0 Å². The van der Waals surface area contributed by atoms with Gasteiger partial charge in [-0.1, -0.05) is 18.1 Å². The van der Waals surface area contributed by atoms with E-state index in [1.807, 2.05) is 56.3 Å². The molecule has 3 rings (SSSR count). The molecule has 7 heteroatoms. The number of anilines is 1. The molecule has 7 nitrogen and oxygen atoms in total. The van der Waals surface area contributed by atoms with Crippen molar-refractivity contribution in [3.8, 4) is 22.9 Å². The standard InChI is InChI=1S/C22H25N3O4/c1-4-13-28-19-14-15(2)5-10-18(19)23-20(26)11-12-21-24-22(25-29-21)16-6-8-17(27-3)9-7-16/h5-10,14H,4,11-13H2,1-3H3,(H,23,26). The fraction of sp³-hybridized carbons (Fsp3) is 0.318. The number of ether oxygens (including phenoxy) is 2. The summed E-state index contributed by atoms with van der Waals surface area (Å²) in [6.45, 7) is 4.63. The summed E-state index contributed by atoms with van der Waals surface area (Å²) in [6.07, 6.45) is 1.48. The summed E-state index contributed by atoms with van der Waals surface area (Å²) in [7, 11) is 1.61. The Morgan fingerprint density at radius 3 is 2.69 bits per heavy atom. The van der Waals surface area contributed by atoms with Crippen LogP contribution < -0.4 is 14.8 Å². The zero-order valence-corrected chi connectivity index (χ0v) is 16.9. The minimum absolute atomic E-state index is 0.139. The zero-order valence-electron chi connectivity index (χ0n) is 16.9. The highest BCUT2D eigenvalue weighted by atomic mass is 16.5. The monoisotopic (exact) mass is 395 g/mol. The minimum Gasteiger partial charge on any atom is -0.497 e. The molecule has 0 saturated carbocycles. The lowest BCUT2D eigenvalue weighted by atomic mass is 10.2. The molecule has 0 spiro atoms. The fourth-order valence-corrected chi connectivity index (χ4v) is 2.71. The van der Waals surface area contributed by atoms with Crippen LogP contribution in [0.3, 0.4) is 0 Å². The number of aromatic nitrogens is 2. The Morgan fingerprint density at radius 2 is 1.97 bits per heavy atom. The summed E-state index contributed by atoms with van der Waals surface area (Å²) in [5, 5.41) is 6.88. The van der Waals surface area contributed by atoms with Gasteiger partial charge in [0, 0.05) is 18.4 Å². The lowest BCUT2D eigenvalue weighted by molar-refractivity contribution is -0.116. The highest BCUT2D eigenvalue weighted by Gasteiger charge is 2.13. The number of aryl methyl sites for hydroxylation is 2. The molecular formula is C22H25N3O4. The molecular weight excluding hydrogens is 370 g/mol. The van der Waals surface area contributed by atoms with E-state index < -0.39 is 0 Å². The van der Waals surface area contributed by atoms with Gasteiger partial charge < -0.3 is 19.3 Å². The van der Waals surface area contributed by atoms with E-state index in [2.05, 4.69) is 15.5 Å². The van der Waals surface area contributed by atoms with E-state index in [9.17, 15) is 4.79 Å². The molecule has 0 saturated heterocycles. The summed E-state index contributed by atoms with van der Waals surface area (Å²) < 4.78 is 16.1. The molecule has 0 aliphatic carbocycles. The molecule has 1 N–H and O–H groups in total. The van der Waals surface area contributed by atoms with Crippen LogP contribution in [0.15, 0.2) is 47.0 Å². The molecule has 0 fully saturated rings. The first-order chi connectivity index (χ1) is 14.1. The maximum atomic E-state index is 12.4. The van der Waals surface area contributed by atoms with Gasteiger partial charge in [-0.05, 0) is 55.3 Å². The van der Waals surface area contributed by atoms with Crippen molar-refractivity contribution in [1.82, 2.24) is 10.1 Å². The summed E-state index contributed by atoms with van der Waals surface area (Å²) in [4.78, 5) is 16.7. The van der Waals surface area contributed by atoms with E-state index in [0.717, 1.165) is 23.3 Å². The molecule has 1 aromatic heterocycles. The van der Waals surface area contributed by atoms with Gasteiger partial charge in [-0.3, -0.25) is 4.79 Å². The molecule has 152 valence electrons. The quantitative estimate of drug-likeness (QED) is 0.577. The predicted molar refractivity (Wildman–Crippen MR) is 110 cm³/mol. The second-order valence-corrected chi connectivity index (χ2v) is 6.64. The number of benzene rings is 2. The van der Waals surface area contributed by atoms with Crippen molar-refractivity contribution >= 4 is 11.6 Å². The van der Waals surface area contributed by atoms with Gasteiger partial charge in [0.15, 0.2) is 0 Å². The van der Waals surface area contributed by atoms with Crippen LogP contribution >= 0.6 is 0 Å². The van der Waals surface area contributed by atoms with Gasteiger partial charge in [-0.2, -0.15) is 4.98 Å². The third-order valence-corrected chi connectivity index (χ3v) is 4.26. The number of rotatable bonds is 9. The Balaban J connectivity index is 1.58. The van der Waals surface area contributed by atoms with Crippen molar-refractivity contribution in [3.05, 3.63) is 53.9 Å². The van der Waals surface area contributed by atoms with E-state index in [-0.39, 0.29) is 12.3 Å².